The molecule has 0 saturated carbocycles. The molecule has 2 aromatic carbocycles. The van der Waals surface area contributed by atoms with Crippen LogP contribution in [-0.4, -0.2) is 31.0 Å². The number of ether oxygens (including phenoxy) is 1. The van der Waals surface area contributed by atoms with Crippen LogP contribution >= 0.6 is 0 Å². The molecule has 2 N–H and O–H groups in total. The Hall–Kier alpha value is -3.20. The van der Waals surface area contributed by atoms with Gasteiger partial charge in [0, 0.05) is 17.3 Å². The average molecular weight is 389 g/mol. The first-order valence-electron chi connectivity index (χ1n) is 7.96. The Kier molecular flexibility index (Phi) is 5.51. The Labute approximate surface area is 154 Å². The van der Waals surface area contributed by atoms with Crippen molar-refractivity contribution in [2.24, 2.45) is 0 Å². The molecule has 0 saturated heterocycles. The maximum absolute atomic E-state index is 12.8. The van der Waals surface area contributed by atoms with Crippen LogP contribution in [0.15, 0.2) is 65.5 Å². The van der Waals surface area contributed by atoms with Gasteiger partial charge in [-0.3, -0.25) is 9.52 Å². The summed E-state index contributed by atoms with van der Waals surface area (Å²) >= 11 is 0. The third-order valence-electron chi connectivity index (χ3n) is 3.57. The average Bonchev–Trinajstić information content (AvgIpc) is 2.64. The number of halogens is 1. The minimum absolute atomic E-state index is 0.0691. The normalized spacial score (nSPS) is 11.1. The van der Waals surface area contributed by atoms with Gasteiger partial charge in [0.1, 0.15) is 23.9 Å². The van der Waals surface area contributed by atoms with Crippen molar-refractivity contribution >= 4 is 15.7 Å². The fourth-order valence-corrected chi connectivity index (χ4v) is 3.14. The van der Waals surface area contributed by atoms with Crippen LogP contribution in [0, 0.1) is 5.82 Å². The molecule has 0 aliphatic rings. The molecule has 0 spiro atoms. The van der Waals surface area contributed by atoms with Gasteiger partial charge >= 0.3 is 0 Å². The highest BCUT2D eigenvalue weighted by atomic mass is 32.2. The second-order valence-electron chi connectivity index (χ2n) is 5.61. The van der Waals surface area contributed by atoms with E-state index in [1.807, 2.05) is 0 Å². The molecule has 0 fully saturated rings. The third kappa shape index (κ3) is 5.38. The van der Waals surface area contributed by atoms with Crippen LogP contribution in [0.5, 0.6) is 5.75 Å². The van der Waals surface area contributed by atoms with Crippen molar-refractivity contribution in [3.8, 4) is 17.0 Å². The van der Waals surface area contributed by atoms with E-state index in [-0.39, 0.29) is 17.9 Å². The van der Waals surface area contributed by atoms with Crippen LogP contribution < -0.4 is 15.0 Å². The van der Waals surface area contributed by atoms with E-state index in [4.69, 9.17) is 4.74 Å². The van der Waals surface area contributed by atoms with Crippen molar-refractivity contribution in [1.29, 1.82) is 0 Å². The Morgan fingerprint density at radius 2 is 1.70 bits per heavy atom. The van der Waals surface area contributed by atoms with Crippen LogP contribution in [0.4, 0.5) is 10.1 Å². The molecule has 3 rings (SSSR count). The predicted octanol–water partition coefficient (Wildman–Crippen LogP) is 2.40. The zero-order chi connectivity index (χ0) is 19.3. The first-order valence-corrected chi connectivity index (χ1v) is 9.61. The molecule has 0 atom stereocenters. The zero-order valence-corrected chi connectivity index (χ0v) is 14.9. The molecule has 1 aromatic heterocycles. The molecule has 0 aliphatic heterocycles. The third-order valence-corrected chi connectivity index (χ3v) is 4.82. The largest absolute Gasteiger partial charge is 0.492 e. The number of hydrogen-bond acceptors (Lipinski definition) is 5. The van der Waals surface area contributed by atoms with Crippen molar-refractivity contribution in [3.05, 3.63) is 76.8 Å². The van der Waals surface area contributed by atoms with Crippen LogP contribution in [0.1, 0.15) is 0 Å². The number of rotatable bonds is 7. The highest BCUT2D eigenvalue weighted by molar-refractivity contribution is 7.92. The Bertz CT molecular complexity index is 1040. The molecule has 9 heteroatoms. The molecule has 1 heterocycles. The molecular formula is C18H16FN3O4S. The van der Waals surface area contributed by atoms with Crippen molar-refractivity contribution in [2.45, 2.75) is 0 Å². The lowest BCUT2D eigenvalue weighted by atomic mass is 10.1. The number of sulfonamides is 1. The van der Waals surface area contributed by atoms with E-state index < -0.39 is 15.8 Å². The Balaban J connectivity index is 1.57. The molecule has 0 bridgehead atoms. The summed E-state index contributed by atoms with van der Waals surface area (Å²) in [7, 11) is -3.61. The minimum Gasteiger partial charge on any atom is -0.492 e. The lowest BCUT2D eigenvalue weighted by Crippen LogP contribution is -2.21. The molecule has 0 aliphatic carbocycles. The first kappa shape index (κ1) is 18.6. The molecule has 27 heavy (non-hydrogen) atoms. The van der Waals surface area contributed by atoms with E-state index in [2.05, 4.69) is 14.9 Å². The van der Waals surface area contributed by atoms with Gasteiger partial charge in [0.2, 0.25) is 10.0 Å². The number of hydrogen-bond donors (Lipinski definition) is 2. The van der Waals surface area contributed by atoms with E-state index in [0.29, 0.717) is 17.1 Å². The summed E-state index contributed by atoms with van der Waals surface area (Å²) in [4.78, 5) is 11.0. The maximum Gasteiger partial charge on any atom is 0.264 e. The number of benzene rings is 2. The molecule has 140 valence electrons. The fourth-order valence-electron chi connectivity index (χ4n) is 2.24. The maximum atomic E-state index is 12.8. The molecule has 0 amide bonds. The van der Waals surface area contributed by atoms with E-state index in [1.54, 1.807) is 30.3 Å². The van der Waals surface area contributed by atoms with Gasteiger partial charge in [0.15, 0.2) is 0 Å². The van der Waals surface area contributed by atoms with Crippen LogP contribution in [0.25, 0.3) is 11.3 Å². The summed E-state index contributed by atoms with van der Waals surface area (Å²) in [5.41, 5.74) is 1.39. The Morgan fingerprint density at radius 1 is 1.00 bits per heavy atom. The van der Waals surface area contributed by atoms with Crippen molar-refractivity contribution in [1.82, 2.24) is 10.2 Å². The zero-order valence-electron chi connectivity index (χ0n) is 14.1. The molecule has 3 aromatic rings. The van der Waals surface area contributed by atoms with E-state index >= 15 is 0 Å². The van der Waals surface area contributed by atoms with Gasteiger partial charge in [-0.05, 0) is 42.5 Å². The van der Waals surface area contributed by atoms with Gasteiger partial charge in [-0.2, -0.15) is 5.10 Å². The van der Waals surface area contributed by atoms with Crippen molar-refractivity contribution in [3.63, 3.8) is 0 Å². The van der Waals surface area contributed by atoms with Crippen molar-refractivity contribution in [2.75, 3.05) is 17.1 Å². The lowest BCUT2D eigenvalue weighted by molar-refractivity contribution is 0.340. The summed E-state index contributed by atoms with van der Waals surface area (Å²) in [6.45, 7) is -0.0691. The van der Waals surface area contributed by atoms with Gasteiger partial charge in [0.05, 0.1) is 5.69 Å². The quantitative estimate of drug-likeness (QED) is 0.646. The van der Waals surface area contributed by atoms with Gasteiger partial charge in [-0.15, -0.1) is 0 Å². The first-order chi connectivity index (χ1) is 12.9. The summed E-state index contributed by atoms with van der Waals surface area (Å²) in [6, 6.07) is 14.8. The van der Waals surface area contributed by atoms with E-state index in [0.717, 1.165) is 5.56 Å². The monoisotopic (exact) mass is 389 g/mol. The lowest BCUT2D eigenvalue weighted by Gasteiger charge is -2.10. The number of anilines is 1. The van der Waals surface area contributed by atoms with Crippen LogP contribution in [0.3, 0.4) is 0 Å². The second kappa shape index (κ2) is 8.00. The topological polar surface area (TPSA) is 101 Å². The van der Waals surface area contributed by atoms with E-state index in [1.165, 1.54) is 30.3 Å². The van der Waals surface area contributed by atoms with E-state index in [9.17, 15) is 17.6 Å². The summed E-state index contributed by atoms with van der Waals surface area (Å²) in [6.07, 6.45) is 0. The predicted molar refractivity (Wildman–Crippen MR) is 99.6 cm³/mol. The smallest absolute Gasteiger partial charge is 0.264 e. The van der Waals surface area contributed by atoms with Crippen molar-refractivity contribution < 1.29 is 17.5 Å². The number of H-pyrrole nitrogens is 1. The highest BCUT2D eigenvalue weighted by Gasteiger charge is 2.11. The molecular weight excluding hydrogens is 373 g/mol. The van der Waals surface area contributed by atoms with Gasteiger partial charge in [-0.1, -0.05) is 12.1 Å². The molecule has 0 unspecified atom stereocenters. The van der Waals surface area contributed by atoms with Gasteiger partial charge < -0.3 is 4.74 Å². The molecule has 0 radical (unpaired) electrons. The standard InChI is InChI=1S/C18H16FN3O4S/c19-14-3-7-16(8-4-14)26-11-12-27(24,25)22-15-5-1-13(2-6-15)17-9-10-18(23)21-20-17/h1-10,22H,11-12H2,(H,21,23). The summed E-state index contributed by atoms with van der Waals surface area (Å²) in [5, 5.41) is 6.25. The highest BCUT2D eigenvalue weighted by Crippen LogP contribution is 2.19. The van der Waals surface area contributed by atoms with Gasteiger partial charge in [-0.25, -0.2) is 17.9 Å². The SMILES string of the molecule is O=c1ccc(-c2ccc(NS(=O)(=O)CCOc3ccc(F)cc3)cc2)n[nH]1. The number of nitrogens with zero attached hydrogens (tertiary/aromatic N) is 1. The minimum atomic E-state index is -3.61. The van der Waals surface area contributed by atoms with Crippen LogP contribution in [-0.2, 0) is 10.0 Å². The Morgan fingerprint density at radius 3 is 2.33 bits per heavy atom. The number of aromatic amines is 1. The second-order valence-corrected chi connectivity index (χ2v) is 7.45. The summed E-state index contributed by atoms with van der Waals surface area (Å²) < 4.78 is 44.8. The molecule has 7 nitrogen and oxygen atoms in total. The van der Waals surface area contributed by atoms with Crippen LogP contribution in [0.2, 0.25) is 0 Å². The summed E-state index contributed by atoms with van der Waals surface area (Å²) in [5.74, 6) is -0.255. The van der Waals surface area contributed by atoms with Gasteiger partial charge in [0.25, 0.3) is 5.56 Å². The number of nitrogens with one attached hydrogen (secondary N) is 2. The number of aromatic nitrogens is 2. The fraction of sp³-hybridized carbons (Fsp3) is 0.111.